The van der Waals surface area contributed by atoms with Gasteiger partial charge in [0.05, 0.1) is 12.5 Å². The van der Waals surface area contributed by atoms with E-state index in [4.69, 9.17) is 21.7 Å². The monoisotopic (exact) mass is 424 g/mol. The standard InChI is InChI=1S/C18H24N4O8/c19-11(5-6-15(25)26)16(27)21-12(7-9-1-3-10(23)4-2-9)17(28)22-13(18(29)30)8-14(20)24/h1-4,11-13,23H,5-8,19H2,(H2,20,24)(H,21,27)(H,22,28)(H,25,26)(H,29,30)/t11-,12-,13-/m0/s1. The molecule has 164 valence electrons. The molecule has 3 atom stereocenters. The first-order valence-corrected chi connectivity index (χ1v) is 8.86. The molecule has 12 nitrogen and oxygen atoms in total. The summed E-state index contributed by atoms with van der Waals surface area (Å²) in [6, 6.07) is 1.60. The molecule has 9 N–H and O–H groups in total. The molecule has 0 aliphatic rings. The maximum Gasteiger partial charge on any atom is 0.326 e. The summed E-state index contributed by atoms with van der Waals surface area (Å²) < 4.78 is 0. The van der Waals surface area contributed by atoms with Gasteiger partial charge >= 0.3 is 11.9 Å². The van der Waals surface area contributed by atoms with E-state index in [2.05, 4.69) is 10.6 Å². The van der Waals surface area contributed by atoms with E-state index in [9.17, 15) is 29.1 Å². The van der Waals surface area contributed by atoms with Crippen LogP contribution in [0.5, 0.6) is 5.75 Å². The second-order valence-electron chi connectivity index (χ2n) is 6.54. The Morgan fingerprint density at radius 3 is 2.00 bits per heavy atom. The fraction of sp³-hybridized carbons (Fsp3) is 0.389. The fourth-order valence-electron chi connectivity index (χ4n) is 2.44. The maximum atomic E-state index is 12.6. The summed E-state index contributed by atoms with van der Waals surface area (Å²) in [5.41, 5.74) is 11.2. The van der Waals surface area contributed by atoms with E-state index in [1.165, 1.54) is 24.3 Å². The summed E-state index contributed by atoms with van der Waals surface area (Å²) in [7, 11) is 0. The normalized spacial score (nSPS) is 13.5. The number of carbonyl (C=O) groups excluding carboxylic acids is 3. The highest BCUT2D eigenvalue weighted by atomic mass is 16.4. The van der Waals surface area contributed by atoms with Crippen LogP contribution in [0.15, 0.2) is 24.3 Å². The zero-order valence-electron chi connectivity index (χ0n) is 15.9. The Morgan fingerprint density at radius 2 is 1.50 bits per heavy atom. The number of rotatable bonds is 12. The van der Waals surface area contributed by atoms with Gasteiger partial charge in [0.15, 0.2) is 0 Å². The Morgan fingerprint density at radius 1 is 0.933 bits per heavy atom. The molecule has 0 bridgehead atoms. The summed E-state index contributed by atoms with van der Waals surface area (Å²) in [5.74, 6) is -5.32. The third-order valence-corrected chi connectivity index (χ3v) is 4.04. The molecule has 1 aromatic rings. The number of carbonyl (C=O) groups is 5. The third-order valence-electron chi connectivity index (χ3n) is 4.04. The Kier molecular flexibility index (Phi) is 9.23. The van der Waals surface area contributed by atoms with Crippen molar-refractivity contribution in [1.29, 1.82) is 0 Å². The fourth-order valence-corrected chi connectivity index (χ4v) is 2.44. The lowest BCUT2D eigenvalue weighted by Gasteiger charge is -2.22. The van der Waals surface area contributed by atoms with Crippen LogP contribution >= 0.6 is 0 Å². The van der Waals surface area contributed by atoms with E-state index >= 15 is 0 Å². The number of carboxylic acid groups (broad SMARTS) is 2. The van der Waals surface area contributed by atoms with Crippen LogP contribution in [0.2, 0.25) is 0 Å². The smallest absolute Gasteiger partial charge is 0.326 e. The number of hydrogen-bond acceptors (Lipinski definition) is 7. The van der Waals surface area contributed by atoms with Crippen molar-refractivity contribution < 1.29 is 39.3 Å². The number of primary amides is 1. The van der Waals surface area contributed by atoms with Crippen molar-refractivity contribution in [2.24, 2.45) is 11.5 Å². The minimum Gasteiger partial charge on any atom is -0.508 e. The molecular weight excluding hydrogens is 400 g/mol. The highest BCUT2D eigenvalue weighted by molar-refractivity contribution is 5.93. The minimum atomic E-state index is -1.60. The van der Waals surface area contributed by atoms with E-state index < -0.39 is 54.2 Å². The number of aliphatic carboxylic acids is 2. The molecule has 12 heteroatoms. The van der Waals surface area contributed by atoms with Crippen LogP contribution in [0.25, 0.3) is 0 Å². The Bertz CT molecular complexity index is 796. The van der Waals surface area contributed by atoms with Crippen molar-refractivity contribution in [3.63, 3.8) is 0 Å². The predicted molar refractivity (Wildman–Crippen MR) is 102 cm³/mol. The summed E-state index contributed by atoms with van der Waals surface area (Å²) in [5, 5.41) is 31.7. The van der Waals surface area contributed by atoms with Crippen molar-refractivity contribution in [1.82, 2.24) is 10.6 Å². The highest BCUT2D eigenvalue weighted by Gasteiger charge is 2.29. The van der Waals surface area contributed by atoms with Gasteiger partial charge in [-0.05, 0) is 24.1 Å². The molecule has 0 radical (unpaired) electrons. The lowest BCUT2D eigenvalue weighted by Crippen LogP contribution is -2.55. The van der Waals surface area contributed by atoms with Gasteiger partial charge in [0.1, 0.15) is 17.8 Å². The van der Waals surface area contributed by atoms with E-state index in [0.717, 1.165) is 0 Å². The average Bonchev–Trinajstić information content (AvgIpc) is 2.65. The van der Waals surface area contributed by atoms with Gasteiger partial charge < -0.3 is 37.4 Å². The van der Waals surface area contributed by atoms with Crippen molar-refractivity contribution in [2.75, 3.05) is 0 Å². The molecule has 0 fully saturated rings. The predicted octanol–water partition coefficient (Wildman–Crippen LogP) is -1.94. The SMILES string of the molecule is NC(=O)C[C@H](NC(=O)[C@H](Cc1ccc(O)cc1)NC(=O)[C@@H](N)CCC(=O)O)C(=O)O. The number of benzene rings is 1. The van der Waals surface area contributed by atoms with Crippen LogP contribution in [0, 0.1) is 0 Å². The first-order valence-electron chi connectivity index (χ1n) is 8.86. The second kappa shape index (κ2) is 11.4. The van der Waals surface area contributed by atoms with Gasteiger partial charge in [-0.25, -0.2) is 4.79 Å². The topological polar surface area (TPSA) is 222 Å². The second-order valence-corrected chi connectivity index (χ2v) is 6.54. The van der Waals surface area contributed by atoms with Gasteiger partial charge in [0.2, 0.25) is 17.7 Å². The van der Waals surface area contributed by atoms with Gasteiger partial charge in [0.25, 0.3) is 0 Å². The van der Waals surface area contributed by atoms with Gasteiger partial charge in [-0.15, -0.1) is 0 Å². The van der Waals surface area contributed by atoms with Crippen LogP contribution in [-0.4, -0.2) is 63.1 Å². The maximum absolute atomic E-state index is 12.6. The number of aromatic hydroxyl groups is 1. The van der Waals surface area contributed by atoms with Crippen LogP contribution in [0.1, 0.15) is 24.8 Å². The summed E-state index contributed by atoms with van der Waals surface area (Å²) in [6.45, 7) is 0. The first kappa shape index (κ1) is 24.4. The van der Waals surface area contributed by atoms with E-state index in [0.29, 0.717) is 5.56 Å². The quantitative estimate of drug-likeness (QED) is 0.198. The average molecular weight is 424 g/mol. The molecule has 30 heavy (non-hydrogen) atoms. The van der Waals surface area contributed by atoms with Crippen LogP contribution in [0.4, 0.5) is 0 Å². The van der Waals surface area contributed by atoms with E-state index in [1.807, 2.05) is 0 Å². The molecule has 0 saturated heterocycles. The summed E-state index contributed by atoms with van der Waals surface area (Å²) in [4.78, 5) is 57.8. The number of phenolic OH excluding ortho intramolecular Hbond substituents is 1. The minimum absolute atomic E-state index is 0.0214. The number of amides is 3. The van der Waals surface area contributed by atoms with Crippen LogP contribution < -0.4 is 22.1 Å². The molecule has 0 aliphatic heterocycles. The zero-order valence-corrected chi connectivity index (χ0v) is 15.9. The molecule has 0 heterocycles. The number of nitrogens with two attached hydrogens (primary N) is 2. The number of carboxylic acids is 2. The van der Waals surface area contributed by atoms with Gasteiger partial charge in [-0.1, -0.05) is 12.1 Å². The number of phenols is 1. The number of hydrogen-bond donors (Lipinski definition) is 7. The molecule has 0 aliphatic carbocycles. The third kappa shape index (κ3) is 8.56. The summed E-state index contributed by atoms with van der Waals surface area (Å²) >= 11 is 0. The molecule has 0 unspecified atom stereocenters. The van der Waals surface area contributed by atoms with Crippen molar-refractivity contribution in [2.45, 2.75) is 43.8 Å². The molecule has 3 amide bonds. The summed E-state index contributed by atoms with van der Waals surface area (Å²) in [6.07, 6.45) is -1.28. The largest absolute Gasteiger partial charge is 0.508 e. The Labute approximate surface area is 171 Å². The van der Waals surface area contributed by atoms with Gasteiger partial charge in [-0.2, -0.15) is 0 Å². The molecule has 0 aromatic heterocycles. The molecular formula is C18H24N4O8. The molecule has 0 saturated carbocycles. The van der Waals surface area contributed by atoms with E-state index in [1.54, 1.807) is 0 Å². The van der Waals surface area contributed by atoms with Crippen molar-refractivity contribution in [3.05, 3.63) is 29.8 Å². The first-order chi connectivity index (χ1) is 14.0. The van der Waals surface area contributed by atoms with Crippen LogP contribution in [-0.2, 0) is 30.4 Å². The highest BCUT2D eigenvalue weighted by Crippen LogP contribution is 2.12. The zero-order chi connectivity index (χ0) is 22.8. The van der Waals surface area contributed by atoms with E-state index in [-0.39, 0.29) is 25.0 Å². The lowest BCUT2D eigenvalue weighted by molar-refractivity contribution is -0.143. The van der Waals surface area contributed by atoms with Gasteiger partial charge in [0, 0.05) is 12.8 Å². The van der Waals surface area contributed by atoms with Gasteiger partial charge in [-0.3, -0.25) is 19.2 Å². The van der Waals surface area contributed by atoms with Crippen LogP contribution in [0.3, 0.4) is 0 Å². The Hall–Kier alpha value is -3.67. The molecule has 1 aromatic carbocycles. The van der Waals surface area contributed by atoms with Crippen molar-refractivity contribution >= 4 is 29.7 Å². The molecule has 1 rings (SSSR count). The Balaban J connectivity index is 2.97. The lowest BCUT2D eigenvalue weighted by atomic mass is 10.0. The molecule has 0 spiro atoms. The number of nitrogens with one attached hydrogen (secondary N) is 2. The van der Waals surface area contributed by atoms with Crippen molar-refractivity contribution in [3.8, 4) is 5.75 Å².